The molecule has 1 heterocycles. The number of ketones is 1. The maximum absolute atomic E-state index is 13.1. The van der Waals surface area contributed by atoms with Crippen molar-refractivity contribution in [2.45, 2.75) is 19.4 Å². The second kappa shape index (κ2) is 9.61. The highest BCUT2D eigenvalue weighted by Crippen LogP contribution is 2.40. The van der Waals surface area contributed by atoms with E-state index in [0.29, 0.717) is 36.4 Å². The lowest BCUT2D eigenvalue weighted by molar-refractivity contribution is -0.139. The van der Waals surface area contributed by atoms with Crippen molar-refractivity contribution in [2.75, 3.05) is 13.2 Å². The Hall–Kier alpha value is -4.06. The molecule has 6 nitrogen and oxygen atoms in total. The van der Waals surface area contributed by atoms with Crippen molar-refractivity contribution in [1.29, 1.82) is 0 Å². The van der Waals surface area contributed by atoms with Crippen molar-refractivity contribution in [3.63, 3.8) is 0 Å². The summed E-state index contributed by atoms with van der Waals surface area (Å²) in [6.45, 7) is 2.70. The van der Waals surface area contributed by atoms with Crippen molar-refractivity contribution in [2.24, 2.45) is 0 Å². The number of nitrogens with zero attached hydrogens (tertiary/aromatic N) is 1. The predicted octanol–water partition coefficient (Wildman–Crippen LogP) is 4.46. The third-order valence-electron chi connectivity index (χ3n) is 5.67. The molecule has 33 heavy (non-hydrogen) atoms. The van der Waals surface area contributed by atoms with Crippen LogP contribution in [0.5, 0.6) is 11.5 Å². The van der Waals surface area contributed by atoms with E-state index in [0.717, 1.165) is 5.56 Å². The number of hydrogen-bond donors (Lipinski definition) is 2. The van der Waals surface area contributed by atoms with Crippen LogP contribution >= 0.6 is 0 Å². The molecule has 168 valence electrons. The number of ether oxygens (including phenoxy) is 1. The monoisotopic (exact) mass is 443 g/mol. The number of carbonyl (C=O) groups is 2. The van der Waals surface area contributed by atoms with Crippen molar-refractivity contribution < 1.29 is 24.5 Å². The maximum Gasteiger partial charge on any atom is 0.295 e. The summed E-state index contributed by atoms with van der Waals surface area (Å²) in [5, 5.41) is 20.8. The first kappa shape index (κ1) is 22.1. The van der Waals surface area contributed by atoms with Crippen LogP contribution in [0.15, 0.2) is 84.4 Å². The topological polar surface area (TPSA) is 87.1 Å². The fourth-order valence-electron chi connectivity index (χ4n) is 4.04. The Morgan fingerprint density at radius 3 is 2.24 bits per heavy atom. The zero-order valence-electron chi connectivity index (χ0n) is 18.3. The van der Waals surface area contributed by atoms with Gasteiger partial charge in [-0.2, -0.15) is 0 Å². The highest BCUT2D eigenvalue weighted by molar-refractivity contribution is 6.46. The van der Waals surface area contributed by atoms with Crippen molar-refractivity contribution in [3.8, 4) is 11.5 Å². The minimum absolute atomic E-state index is 0.0305. The van der Waals surface area contributed by atoms with E-state index in [9.17, 15) is 19.8 Å². The number of rotatable bonds is 7. The van der Waals surface area contributed by atoms with E-state index in [1.165, 1.54) is 17.0 Å². The van der Waals surface area contributed by atoms with E-state index in [1.54, 1.807) is 36.4 Å². The summed E-state index contributed by atoms with van der Waals surface area (Å²) in [4.78, 5) is 27.6. The molecule has 0 aromatic heterocycles. The fourth-order valence-corrected chi connectivity index (χ4v) is 4.04. The Balaban J connectivity index is 1.75. The first-order valence-electron chi connectivity index (χ1n) is 10.8. The molecule has 1 aliphatic rings. The van der Waals surface area contributed by atoms with E-state index in [2.05, 4.69) is 0 Å². The summed E-state index contributed by atoms with van der Waals surface area (Å²) in [5.41, 5.74) is 2.12. The Labute approximate surface area is 192 Å². The lowest BCUT2D eigenvalue weighted by atomic mass is 9.95. The number of aliphatic hydroxyl groups is 1. The number of Topliss-reactive ketones (excluding diaryl/α,β-unsaturated/α-hetero) is 1. The Morgan fingerprint density at radius 2 is 1.61 bits per heavy atom. The molecule has 2 N–H and O–H groups in total. The number of hydrogen-bond acceptors (Lipinski definition) is 5. The third-order valence-corrected chi connectivity index (χ3v) is 5.67. The van der Waals surface area contributed by atoms with Crippen molar-refractivity contribution >= 4 is 17.4 Å². The molecule has 3 aromatic rings. The van der Waals surface area contributed by atoms with Crippen LogP contribution in [-0.4, -0.2) is 40.0 Å². The van der Waals surface area contributed by atoms with E-state index in [1.807, 2.05) is 37.3 Å². The fraction of sp³-hybridized carbons (Fsp3) is 0.185. The van der Waals surface area contributed by atoms with E-state index >= 15 is 0 Å². The smallest absolute Gasteiger partial charge is 0.295 e. The Kier molecular flexibility index (Phi) is 6.45. The molecule has 1 unspecified atom stereocenters. The minimum atomic E-state index is -0.763. The van der Waals surface area contributed by atoms with Crippen LogP contribution in [0.2, 0.25) is 0 Å². The average Bonchev–Trinajstić information content (AvgIpc) is 3.09. The van der Waals surface area contributed by atoms with Crippen molar-refractivity contribution in [1.82, 2.24) is 4.90 Å². The van der Waals surface area contributed by atoms with E-state index < -0.39 is 17.7 Å². The number of phenols is 1. The molecule has 0 aliphatic carbocycles. The lowest BCUT2D eigenvalue weighted by Gasteiger charge is -2.25. The highest BCUT2D eigenvalue weighted by Gasteiger charge is 2.45. The highest BCUT2D eigenvalue weighted by atomic mass is 16.5. The van der Waals surface area contributed by atoms with Crippen LogP contribution < -0.4 is 4.74 Å². The van der Waals surface area contributed by atoms with Gasteiger partial charge < -0.3 is 19.8 Å². The number of phenolic OH excluding ortho intramolecular Hbond substituents is 1. The van der Waals surface area contributed by atoms with Gasteiger partial charge in [-0.1, -0.05) is 42.5 Å². The molecule has 1 fully saturated rings. The molecule has 1 amide bonds. The first-order valence-corrected chi connectivity index (χ1v) is 10.8. The van der Waals surface area contributed by atoms with Gasteiger partial charge in [-0.25, -0.2) is 0 Å². The van der Waals surface area contributed by atoms with Crippen LogP contribution in [0.25, 0.3) is 5.76 Å². The van der Waals surface area contributed by atoms with Gasteiger partial charge >= 0.3 is 0 Å². The lowest BCUT2D eigenvalue weighted by Crippen LogP contribution is -2.31. The van der Waals surface area contributed by atoms with Gasteiger partial charge in [0.2, 0.25) is 0 Å². The molecule has 0 radical (unpaired) electrons. The second-order valence-electron chi connectivity index (χ2n) is 7.78. The van der Waals surface area contributed by atoms with Gasteiger partial charge in [0, 0.05) is 12.1 Å². The van der Waals surface area contributed by atoms with Gasteiger partial charge in [0.1, 0.15) is 17.3 Å². The standard InChI is InChI=1S/C27H25NO5/c1-2-33-22-14-10-20(11-15-22)25(30)23-24(19-8-12-21(29)13-9-19)28(27(32)26(23)31)17-16-18-6-4-3-5-7-18/h3-15,24,29-30H,2,16-17H2,1H3. The quantitative estimate of drug-likeness (QED) is 0.320. The number of benzene rings is 3. The van der Waals surface area contributed by atoms with Gasteiger partial charge in [0.25, 0.3) is 11.7 Å². The first-order chi connectivity index (χ1) is 16.0. The molecule has 0 saturated carbocycles. The molecular formula is C27H25NO5. The summed E-state index contributed by atoms with van der Waals surface area (Å²) in [6, 6.07) is 22.0. The summed E-state index contributed by atoms with van der Waals surface area (Å²) in [5.74, 6) is -0.903. The molecule has 0 bridgehead atoms. The number of aliphatic hydroxyl groups excluding tert-OH is 1. The SMILES string of the molecule is CCOc1ccc(C(O)=C2C(=O)C(=O)N(CCc3ccccc3)C2c2ccc(O)cc2)cc1. The van der Waals surface area contributed by atoms with Crippen LogP contribution in [-0.2, 0) is 16.0 Å². The Bertz CT molecular complexity index is 1170. The zero-order chi connectivity index (χ0) is 23.4. The zero-order valence-corrected chi connectivity index (χ0v) is 18.3. The van der Waals surface area contributed by atoms with Crippen LogP contribution in [0.1, 0.15) is 29.7 Å². The molecule has 4 rings (SSSR count). The summed E-state index contributed by atoms with van der Waals surface area (Å²) in [6.07, 6.45) is 0.561. The van der Waals surface area contributed by atoms with Gasteiger partial charge in [0.15, 0.2) is 0 Å². The molecule has 6 heteroatoms. The summed E-state index contributed by atoms with van der Waals surface area (Å²) < 4.78 is 5.45. The van der Waals surface area contributed by atoms with Gasteiger partial charge in [-0.3, -0.25) is 9.59 Å². The molecular weight excluding hydrogens is 418 g/mol. The van der Waals surface area contributed by atoms with Crippen LogP contribution in [0, 0.1) is 0 Å². The van der Waals surface area contributed by atoms with Crippen LogP contribution in [0.4, 0.5) is 0 Å². The van der Waals surface area contributed by atoms with Gasteiger partial charge in [-0.15, -0.1) is 0 Å². The molecule has 1 atom stereocenters. The molecule has 3 aromatic carbocycles. The van der Waals surface area contributed by atoms with E-state index in [4.69, 9.17) is 4.74 Å². The maximum atomic E-state index is 13.1. The van der Waals surface area contributed by atoms with Gasteiger partial charge in [0.05, 0.1) is 18.2 Å². The molecule has 1 saturated heterocycles. The number of aromatic hydroxyl groups is 1. The summed E-state index contributed by atoms with van der Waals surface area (Å²) >= 11 is 0. The number of likely N-dealkylation sites (tertiary alicyclic amines) is 1. The van der Waals surface area contributed by atoms with Crippen LogP contribution in [0.3, 0.4) is 0 Å². The summed E-state index contributed by atoms with van der Waals surface area (Å²) in [7, 11) is 0. The average molecular weight is 443 g/mol. The predicted molar refractivity (Wildman–Crippen MR) is 125 cm³/mol. The number of carbonyl (C=O) groups excluding carboxylic acids is 2. The minimum Gasteiger partial charge on any atom is -0.508 e. The second-order valence-corrected chi connectivity index (χ2v) is 7.78. The molecule has 0 spiro atoms. The number of amides is 1. The third kappa shape index (κ3) is 4.60. The normalized spacial score (nSPS) is 17.4. The Morgan fingerprint density at radius 1 is 0.939 bits per heavy atom. The van der Waals surface area contributed by atoms with E-state index in [-0.39, 0.29) is 17.1 Å². The molecule has 1 aliphatic heterocycles. The van der Waals surface area contributed by atoms with Gasteiger partial charge in [-0.05, 0) is 60.9 Å². The largest absolute Gasteiger partial charge is 0.508 e. The van der Waals surface area contributed by atoms with Crippen molar-refractivity contribution in [3.05, 3.63) is 101 Å².